The predicted octanol–water partition coefficient (Wildman–Crippen LogP) is 3.30. The molecule has 2 aromatic rings. The van der Waals surface area contributed by atoms with Gasteiger partial charge < -0.3 is 24.4 Å². The van der Waals surface area contributed by atoms with Crippen LogP contribution in [0.5, 0.6) is 17.2 Å². The molecule has 2 amide bonds. The molecule has 0 unspecified atom stereocenters. The number of urea groups is 1. The summed E-state index contributed by atoms with van der Waals surface area (Å²) in [4.78, 5) is 14.4. The largest absolute Gasteiger partial charge is 0.495 e. The maximum absolute atomic E-state index is 12.6. The van der Waals surface area contributed by atoms with Crippen molar-refractivity contribution in [2.75, 3.05) is 33.2 Å². The van der Waals surface area contributed by atoms with Gasteiger partial charge in [-0.3, -0.25) is 0 Å². The van der Waals surface area contributed by atoms with Gasteiger partial charge in [0, 0.05) is 13.1 Å². The van der Waals surface area contributed by atoms with Gasteiger partial charge in [0.1, 0.15) is 5.75 Å². The number of para-hydroxylation sites is 2. The Morgan fingerprint density at radius 2 is 1.60 bits per heavy atom. The second-order valence-electron chi connectivity index (χ2n) is 5.78. The minimum atomic E-state index is -0.148. The molecule has 0 fully saturated rings. The molecule has 1 aliphatic rings. The van der Waals surface area contributed by atoms with E-state index in [-0.39, 0.29) is 6.03 Å². The number of carbonyl (C=O) groups is 1. The maximum atomic E-state index is 12.6. The van der Waals surface area contributed by atoms with Crippen LogP contribution in [0.2, 0.25) is 0 Å². The number of amides is 2. The van der Waals surface area contributed by atoms with E-state index in [2.05, 4.69) is 5.32 Å². The first-order chi connectivity index (χ1) is 12.2. The first-order valence-electron chi connectivity index (χ1n) is 8.09. The third-order valence-electron chi connectivity index (χ3n) is 4.35. The number of hydrogen-bond acceptors (Lipinski definition) is 4. The van der Waals surface area contributed by atoms with E-state index in [1.165, 1.54) is 5.56 Å². The van der Waals surface area contributed by atoms with Crippen LogP contribution in [0.25, 0.3) is 0 Å². The smallest absolute Gasteiger partial charge is 0.322 e. The van der Waals surface area contributed by atoms with Gasteiger partial charge >= 0.3 is 6.03 Å². The normalized spacial score (nSPS) is 13.0. The Morgan fingerprint density at radius 1 is 0.960 bits per heavy atom. The molecule has 3 rings (SSSR count). The van der Waals surface area contributed by atoms with Gasteiger partial charge in [0.25, 0.3) is 0 Å². The molecule has 0 saturated carbocycles. The topological polar surface area (TPSA) is 60.0 Å². The summed E-state index contributed by atoms with van der Waals surface area (Å²) in [6, 6.07) is 11.2. The highest BCUT2D eigenvalue weighted by molar-refractivity contribution is 5.91. The minimum Gasteiger partial charge on any atom is -0.495 e. The molecule has 1 N–H and O–H groups in total. The molecule has 0 bridgehead atoms. The molecule has 0 atom stereocenters. The molecule has 132 valence electrons. The lowest BCUT2D eigenvalue weighted by molar-refractivity contribution is 0.206. The van der Waals surface area contributed by atoms with E-state index in [9.17, 15) is 4.79 Å². The molecular weight excluding hydrogens is 320 g/mol. The van der Waals surface area contributed by atoms with E-state index in [0.29, 0.717) is 36.0 Å². The second kappa shape index (κ2) is 7.34. The number of methoxy groups -OCH3 is 3. The number of fused-ring (bicyclic) bond motifs is 1. The van der Waals surface area contributed by atoms with Crippen molar-refractivity contribution in [2.45, 2.75) is 13.0 Å². The fraction of sp³-hybridized carbons (Fsp3) is 0.316. The Morgan fingerprint density at radius 3 is 2.28 bits per heavy atom. The molecule has 6 heteroatoms. The molecule has 0 aliphatic carbocycles. The highest BCUT2D eigenvalue weighted by Gasteiger charge is 2.23. The van der Waals surface area contributed by atoms with E-state index in [4.69, 9.17) is 14.2 Å². The zero-order valence-corrected chi connectivity index (χ0v) is 14.7. The fourth-order valence-electron chi connectivity index (χ4n) is 3.00. The number of ether oxygens (including phenoxy) is 3. The van der Waals surface area contributed by atoms with Crippen LogP contribution in [-0.4, -0.2) is 38.8 Å². The Labute approximate surface area is 147 Å². The summed E-state index contributed by atoms with van der Waals surface area (Å²) in [6.07, 6.45) is 0.773. The van der Waals surface area contributed by atoms with E-state index in [1.54, 1.807) is 26.2 Å². The number of carbonyl (C=O) groups excluding carboxylic acids is 1. The third kappa shape index (κ3) is 3.47. The van der Waals surface area contributed by atoms with Gasteiger partial charge in [0.05, 0.1) is 27.0 Å². The van der Waals surface area contributed by atoms with Crippen molar-refractivity contribution in [3.05, 3.63) is 47.5 Å². The fourth-order valence-corrected chi connectivity index (χ4v) is 3.00. The number of rotatable bonds is 4. The SMILES string of the molecule is COc1ccccc1NC(=O)N1CCc2cc(OC)c(OC)cc2C1. The highest BCUT2D eigenvalue weighted by atomic mass is 16.5. The summed E-state index contributed by atoms with van der Waals surface area (Å²) in [5.41, 5.74) is 2.91. The van der Waals surface area contributed by atoms with Crippen molar-refractivity contribution in [2.24, 2.45) is 0 Å². The lowest BCUT2D eigenvalue weighted by Crippen LogP contribution is -2.39. The average Bonchev–Trinajstić information content (AvgIpc) is 2.66. The molecule has 2 aromatic carbocycles. The van der Waals surface area contributed by atoms with Crippen LogP contribution in [0, 0.1) is 0 Å². The number of nitrogens with one attached hydrogen (secondary N) is 1. The quantitative estimate of drug-likeness (QED) is 0.926. The van der Waals surface area contributed by atoms with Crippen LogP contribution in [-0.2, 0) is 13.0 Å². The van der Waals surface area contributed by atoms with Crippen molar-refractivity contribution in [1.82, 2.24) is 4.90 Å². The number of anilines is 1. The van der Waals surface area contributed by atoms with Gasteiger partial charge in [0.15, 0.2) is 11.5 Å². The zero-order valence-electron chi connectivity index (χ0n) is 14.7. The first kappa shape index (κ1) is 17.0. The van der Waals surface area contributed by atoms with Crippen molar-refractivity contribution in [3.63, 3.8) is 0 Å². The van der Waals surface area contributed by atoms with Gasteiger partial charge in [0.2, 0.25) is 0 Å². The molecule has 0 radical (unpaired) electrons. The van der Waals surface area contributed by atoms with E-state index >= 15 is 0 Å². The van der Waals surface area contributed by atoms with Crippen molar-refractivity contribution in [3.8, 4) is 17.2 Å². The second-order valence-corrected chi connectivity index (χ2v) is 5.78. The van der Waals surface area contributed by atoms with Crippen molar-refractivity contribution >= 4 is 11.7 Å². The van der Waals surface area contributed by atoms with Crippen LogP contribution in [0.15, 0.2) is 36.4 Å². The number of hydrogen-bond donors (Lipinski definition) is 1. The number of nitrogens with zero attached hydrogens (tertiary/aromatic N) is 1. The Bertz CT molecular complexity index is 776. The molecule has 25 heavy (non-hydrogen) atoms. The van der Waals surface area contributed by atoms with E-state index < -0.39 is 0 Å². The van der Waals surface area contributed by atoms with Crippen LogP contribution in [0.1, 0.15) is 11.1 Å². The molecular formula is C19H22N2O4. The summed E-state index contributed by atoms with van der Waals surface area (Å²) in [6.45, 7) is 1.17. The number of benzene rings is 2. The summed E-state index contributed by atoms with van der Waals surface area (Å²) in [5, 5.41) is 2.92. The maximum Gasteiger partial charge on any atom is 0.322 e. The van der Waals surface area contributed by atoms with Crippen LogP contribution in [0.4, 0.5) is 10.5 Å². The molecule has 0 saturated heterocycles. The summed E-state index contributed by atoms with van der Waals surface area (Å²) < 4.78 is 16.0. The van der Waals surface area contributed by atoms with E-state index in [0.717, 1.165) is 12.0 Å². The molecule has 1 aliphatic heterocycles. The predicted molar refractivity (Wildman–Crippen MR) is 95.7 cm³/mol. The minimum absolute atomic E-state index is 0.148. The zero-order chi connectivity index (χ0) is 17.8. The summed E-state index contributed by atoms with van der Waals surface area (Å²) in [7, 11) is 4.82. The van der Waals surface area contributed by atoms with Gasteiger partial charge in [-0.1, -0.05) is 12.1 Å². The van der Waals surface area contributed by atoms with Crippen LogP contribution < -0.4 is 19.5 Å². The molecule has 1 heterocycles. The molecule has 6 nitrogen and oxygen atoms in total. The van der Waals surface area contributed by atoms with Crippen molar-refractivity contribution in [1.29, 1.82) is 0 Å². The molecule has 0 spiro atoms. The van der Waals surface area contributed by atoms with Crippen LogP contribution in [0.3, 0.4) is 0 Å². The van der Waals surface area contributed by atoms with Gasteiger partial charge in [-0.25, -0.2) is 4.79 Å². The van der Waals surface area contributed by atoms with E-state index in [1.807, 2.05) is 36.4 Å². The Hall–Kier alpha value is -2.89. The lowest BCUT2D eigenvalue weighted by Gasteiger charge is -2.30. The van der Waals surface area contributed by atoms with Gasteiger partial charge in [-0.05, 0) is 41.8 Å². The van der Waals surface area contributed by atoms with Gasteiger partial charge in [-0.15, -0.1) is 0 Å². The monoisotopic (exact) mass is 342 g/mol. The highest BCUT2D eigenvalue weighted by Crippen LogP contribution is 2.33. The first-order valence-corrected chi connectivity index (χ1v) is 8.09. The van der Waals surface area contributed by atoms with Gasteiger partial charge in [-0.2, -0.15) is 0 Å². The Balaban J connectivity index is 1.77. The Kier molecular flexibility index (Phi) is 4.97. The van der Waals surface area contributed by atoms with Crippen LogP contribution >= 0.6 is 0 Å². The lowest BCUT2D eigenvalue weighted by atomic mass is 9.99. The van der Waals surface area contributed by atoms with Crippen molar-refractivity contribution < 1.29 is 19.0 Å². The average molecular weight is 342 g/mol. The third-order valence-corrected chi connectivity index (χ3v) is 4.35. The molecule has 0 aromatic heterocycles. The standard InChI is InChI=1S/C19H22N2O4/c1-23-16-7-5-4-6-15(16)20-19(22)21-9-8-13-10-17(24-2)18(25-3)11-14(13)12-21/h4-7,10-11H,8-9,12H2,1-3H3,(H,20,22). The summed E-state index contributed by atoms with van der Waals surface area (Å²) in [5.74, 6) is 2.03. The summed E-state index contributed by atoms with van der Waals surface area (Å²) >= 11 is 0.